The van der Waals surface area contributed by atoms with Gasteiger partial charge in [-0.1, -0.05) is 83.1 Å². The third-order valence-corrected chi connectivity index (χ3v) is 20.2. The van der Waals surface area contributed by atoms with Crippen molar-refractivity contribution < 1.29 is 0 Å². The van der Waals surface area contributed by atoms with E-state index in [4.69, 9.17) is 0 Å². The number of rotatable bonds is 0. The van der Waals surface area contributed by atoms with Crippen molar-refractivity contribution in [1.82, 2.24) is 0 Å². The first-order chi connectivity index (χ1) is 7.49. The van der Waals surface area contributed by atoms with Gasteiger partial charge in [-0.25, -0.2) is 0 Å². The minimum atomic E-state index is -0.427. The molecular weight excluding hydrogens is 248 g/mol. The Labute approximate surface area is 119 Å². The molecule has 0 nitrogen and oxygen atoms in total. The molecule has 0 aromatic carbocycles. The van der Waals surface area contributed by atoms with Gasteiger partial charge in [0.25, 0.3) is 0 Å². The normalized spacial score (nSPS) is 14.7. The van der Waals surface area contributed by atoms with Gasteiger partial charge in [-0.3, -0.25) is 0 Å². The van der Waals surface area contributed by atoms with E-state index in [2.05, 4.69) is 83.1 Å². The van der Waals surface area contributed by atoms with Crippen molar-refractivity contribution in [2.75, 3.05) is 0 Å². The average molecular weight is 285 g/mol. The van der Waals surface area contributed by atoms with Crippen LogP contribution in [0.25, 0.3) is 0 Å². The minimum Gasteiger partial charge on any atom is -0.0599 e. The molecule has 0 radical (unpaired) electrons. The van der Waals surface area contributed by atoms with E-state index in [1.807, 2.05) is 0 Å². The van der Waals surface area contributed by atoms with Crippen LogP contribution in [0.1, 0.15) is 83.1 Å². The highest BCUT2D eigenvalue weighted by Gasteiger charge is 2.40. The summed E-state index contributed by atoms with van der Waals surface area (Å²) in [6, 6.07) is 0. The van der Waals surface area contributed by atoms with Gasteiger partial charge in [-0.2, -0.15) is 0 Å². The molecule has 0 aliphatic carbocycles. The summed E-state index contributed by atoms with van der Waals surface area (Å²) in [7, 11) is -0.854. The maximum atomic E-state index is 2.48. The third kappa shape index (κ3) is 4.84. The second kappa shape index (κ2) is 5.08. The smallest absolute Gasteiger partial charge is 0.000442 e. The highest BCUT2D eigenvalue weighted by Crippen LogP contribution is 2.47. The molecule has 0 bridgehead atoms. The Morgan fingerprint density at radius 3 is 0.500 bits per heavy atom. The molecule has 0 amide bonds. The van der Waals surface area contributed by atoms with Crippen LogP contribution in [-0.2, 0) is 0 Å². The molecule has 0 aromatic heterocycles. The van der Waals surface area contributed by atoms with Crippen LogP contribution in [0, 0.1) is 0 Å². The van der Waals surface area contributed by atoms with Crippen molar-refractivity contribution in [1.29, 1.82) is 0 Å². The third-order valence-electron chi connectivity index (χ3n) is 3.25. The van der Waals surface area contributed by atoms with Gasteiger partial charge in [-0.05, 0) is 20.2 Å². The maximum Gasteiger partial charge on any atom is 0.000442 e. The second-order valence-corrected chi connectivity index (χ2v) is 20.2. The second-order valence-electron chi connectivity index (χ2n) is 9.75. The molecule has 0 aromatic rings. The van der Waals surface area contributed by atoms with E-state index in [-0.39, 0.29) is 0 Å². The molecule has 0 unspecified atom stereocenters. The molecule has 0 fully saturated rings. The Balaban J connectivity index is 6.44. The zero-order valence-electron chi connectivity index (χ0n) is 15.0. The maximum absolute atomic E-state index is 2.48. The van der Waals surface area contributed by atoms with Crippen LogP contribution >= 0.6 is 0 Å². The summed E-state index contributed by atoms with van der Waals surface area (Å²) in [6.45, 7) is 29.8. The van der Waals surface area contributed by atoms with E-state index >= 15 is 0 Å². The van der Waals surface area contributed by atoms with E-state index in [1.54, 1.807) is 0 Å². The summed E-state index contributed by atoms with van der Waals surface area (Å²) in [5.74, 6) is 0. The van der Waals surface area contributed by atoms with E-state index in [0.29, 0.717) is 20.2 Å². The lowest BCUT2D eigenvalue weighted by Crippen LogP contribution is -2.43. The summed E-state index contributed by atoms with van der Waals surface area (Å²) in [4.78, 5) is 0. The molecule has 2 heteroatoms. The molecule has 0 saturated carbocycles. The standard InChI is InChI=1S/C16H36Si2/c1-13(2,3)17(14(4,5)6)18(15(7,8)9)16(10,11)12/h1-12H3. The van der Waals surface area contributed by atoms with Crippen LogP contribution in [0.5, 0.6) is 0 Å². The van der Waals surface area contributed by atoms with Gasteiger partial charge < -0.3 is 0 Å². The van der Waals surface area contributed by atoms with Crippen LogP contribution in [-0.4, -0.2) is 15.8 Å². The molecule has 0 aliphatic heterocycles. The van der Waals surface area contributed by atoms with Crippen molar-refractivity contribution in [2.24, 2.45) is 0 Å². The zero-order chi connectivity index (χ0) is 15.2. The van der Waals surface area contributed by atoms with Crippen molar-refractivity contribution in [2.45, 2.75) is 103 Å². The molecule has 0 atom stereocenters. The van der Waals surface area contributed by atoms with Crippen LogP contribution < -0.4 is 0 Å². The van der Waals surface area contributed by atoms with Gasteiger partial charge in [-0.15, -0.1) is 0 Å². The van der Waals surface area contributed by atoms with Crippen LogP contribution in [0.4, 0.5) is 0 Å². The average Bonchev–Trinajstić information content (AvgIpc) is 1.89. The van der Waals surface area contributed by atoms with Crippen molar-refractivity contribution in [3.8, 4) is 0 Å². The first-order valence-corrected chi connectivity index (χ1v) is 11.2. The van der Waals surface area contributed by atoms with Gasteiger partial charge >= 0.3 is 0 Å². The monoisotopic (exact) mass is 284 g/mol. The molecular formula is C16H36Si2. The molecule has 0 rings (SSSR count). The van der Waals surface area contributed by atoms with Crippen molar-refractivity contribution >= 4 is 15.8 Å². The highest BCUT2D eigenvalue weighted by molar-refractivity contribution is 7.01. The van der Waals surface area contributed by atoms with E-state index < -0.39 is 15.8 Å². The van der Waals surface area contributed by atoms with Gasteiger partial charge in [0.05, 0.1) is 0 Å². The summed E-state index contributed by atoms with van der Waals surface area (Å²) in [5, 5.41) is 1.94. The van der Waals surface area contributed by atoms with E-state index in [0.717, 1.165) is 0 Å². The summed E-state index contributed by atoms with van der Waals surface area (Å²) in [5.41, 5.74) is 0. The Kier molecular flexibility index (Phi) is 5.21. The van der Waals surface area contributed by atoms with Crippen LogP contribution in [0.2, 0.25) is 20.2 Å². The number of hydrogen-bond donors (Lipinski definition) is 0. The lowest BCUT2D eigenvalue weighted by molar-refractivity contribution is 0.635. The minimum absolute atomic E-state index is 0.427. The Morgan fingerprint density at radius 1 is 0.333 bits per heavy atom. The lowest BCUT2D eigenvalue weighted by atomic mass is 10.2. The number of hydrogen-bond acceptors (Lipinski definition) is 0. The molecule has 108 valence electrons. The summed E-state index contributed by atoms with van der Waals surface area (Å²) in [6.07, 6.45) is 0. The van der Waals surface area contributed by atoms with Gasteiger partial charge in [0.15, 0.2) is 0 Å². The molecule has 18 heavy (non-hydrogen) atoms. The fraction of sp³-hybridized carbons (Fsp3) is 1.00. The van der Waals surface area contributed by atoms with Crippen molar-refractivity contribution in [3.63, 3.8) is 0 Å². The topological polar surface area (TPSA) is 0 Å². The Bertz CT molecular complexity index is 256. The lowest BCUT2D eigenvalue weighted by Gasteiger charge is -2.44. The Morgan fingerprint density at radius 2 is 0.444 bits per heavy atom. The van der Waals surface area contributed by atoms with E-state index in [9.17, 15) is 0 Å². The largest absolute Gasteiger partial charge is 0.0599 e. The molecule has 0 N–H and O–H groups in total. The summed E-state index contributed by atoms with van der Waals surface area (Å²) >= 11 is 0. The molecule has 0 saturated heterocycles. The van der Waals surface area contributed by atoms with Gasteiger partial charge in [0, 0.05) is 15.8 Å². The zero-order valence-corrected chi connectivity index (χ0v) is 17.0. The predicted octanol–water partition coefficient (Wildman–Crippen LogP) is 6.25. The Hall–Kier alpha value is 0.434. The first-order valence-electron chi connectivity index (χ1n) is 7.25. The van der Waals surface area contributed by atoms with Crippen LogP contribution in [0.15, 0.2) is 0 Å². The SMILES string of the molecule is CC(C)(C)[Si](=[Si](C(C)(C)C)C(C)(C)C)C(C)(C)C. The van der Waals surface area contributed by atoms with Gasteiger partial charge in [0.2, 0.25) is 0 Å². The summed E-state index contributed by atoms with van der Waals surface area (Å²) < 4.78 is 0. The fourth-order valence-electron chi connectivity index (χ4n) is 3.75. The van der Waals surface area contributed by atoms with Crippen molar-refractivity contribution in [3.05, 3.63) is 0 Å². The molecule has 0 aliphatic rings. The predicted molar refractivity (Wildman–Crippen MR) is 90.4 cm³/mol. The molecule has 0 spiro atoms. The fourth-order valence-corrected chi connectivity index (χ4v) is 20.2. The highest BCUT2D eigenvalue weighted by atomic mass is 28.9. The van der Waals surface area contributed by atoms with E-state index in [1.165, 1.54) is 0 Å². The quantitative estimate of drug-likeness (QED) is 0.461. The first kappa shape index (κ1) is 18.4. The molecule has 0 heterocycles. The van der Waals surface area contributed by atoms with Gasteiger partial charge in [0.1, 0.15) is 0 Å². The van der Waals surface area contributed by atoms with Crippen LogP contribution in [0.3, 0.4) is 0 Å².